The molecule has 2 rings (SSSR count). The van der Waals surface area contributed by atoms with E-state index in [9.17, 15) is 9.59 Å². The van der Waals surface area contributed by atoms with Crippen molar-refractivity contribution in [3.63, 3.8) is 0 Å². The van der Waals surface area contributed by atoms with Gasteiger partial charge < -0.3 is 10.6 Å². The van der Waals surface area contributed by atoms with Gasteiger partial charge >= 0.3 is 11.8 Å². The van der Waals surface area contributed by atoms with Crippen LogP contribution in [0.1, 0.15) is 5.69 Å². The summed E-state index contributed by atoms with van der Waals surface area (Å²) in [6.45, 7) is 0.365. The number of aromatic nitrogens is 1. The van der Waals surface area contributed by atoms with Crippen LogP contribution in [0.15, 0.2) is 53.1 Å². The van der Waals surface area contributed by atoms with E-state index in [1.165, 1.54) is 0 Å². The summed E-state index contributed by atoms with van der Waals surface area (Å²) in [6.07, 6.45) is 2.27. The first kappa shape index (κ1) is 15.2. The summed E-state index contributed by atoms with van der Waals surface area (Å²) in [6, 6.07) is 12.6. The third-order valence-electron chi connectivity index (χ3n) is 2.70. The SMILES string of the molecule is O=C(NCCc1ccccn1)C(=O)Nc1ccc(Br)cc1. The maximum absolute atomic E-state index is 11.7. The Morgan fingerprint density at radius 2 is 1.81 bits per heavy atom. The van der Waals surface area contributed by atoms with Crippen molar-refractivity contribution in [3.05, 3.63) is 58.8 Å². The van der Waals surface area contributed by atoms with Crippen molar-refractivity contribution in [2.45, 2.75) is 6.42 Å². The maximum Gasteiger partial charge on any atom is 0.313 e. The zero-order valence-electron chi connectivity index (χ0n) is 11.2. The highest BCUT2D eigenvalue weighted by atomic mass is 79.9. The number of halogens is 1. The molecule has 0 unspecified atom stereocenters. The highest BCUT2D eigenvalue weighted by molar-refractivity contribution is 9.10. The van der Waals surface area contributed by atoms with E-state index in [1.807, 2.05) is 18.2 Å². The van der Waals surface area contributed by atoms with E-state index < -0.39 is 11.8 Å². The summed E-state index contributed by atoms with van der Waals surface area (Å²) in [4.78, 5) is 27.5. The third kappa shape index (κ3) is 5.00. The number of nitrogens with one attached hydrogen (secondary N) is 2. The van der Waals surface area contributed by atoms with Crippen molar-refractivity contribution in [2.24, 2.45) is 0 Å². The summed E-state index contributed by atoms with van der Waals surface area (Å²) >= 11 is 3.30. The molecule has 108 valence electrons. The highest BCUT2D eigenvalue weighted by Crippen LogP contribution is 2.13. The lowest BCUT2D eigenvalue weighted by Gasteiger charge is -2.06. The van der Waals surface area contributed by atoms with Crippen molar-refractivity contribution < 1.29 is 9.59 Å². The summed E-state index contributed by atoms with van der Waals surface area (Å²) in [5, 5.41) is 5.09. The van der Waals surface area contributed by atoms with Gasteiger partial charge in [0, 0.05) is 35.0 Å². The molecule has 21 heavy (non-hydrogen) atoms. The molecule has 1 aromatic carbocycles. The molecule has 5 nitrogen and oxygen atoms in total. The summed E-state index contributed by atoms with van der Waals surface area (Å²) in [5.41, 5.74) is 1.44. The molecule has 0 spiro atoms. The average molecular weight is 348 g/mol. The molecule has 0 fully saturated rings. The van der Waals surface area contributed by atoms with Crippen molar-refractivity contribution in [1.29, 1.82) is 0 Å². The first-order valence-corrected chi connectivity index (χ1v) is 7.19. The van der Waals surface area contributed by atoms with Gasteiger partial charge in [-0.1, -0.05) is 22.0 Å². The van der Waals surface area contributed by atoms with Crippen LogP contribution in [0, 0.1) is 0 Å². The smallest absolute Gasteiger partial charge is 0.313 e. The molecule has 2 N–H and O–H groups in total. The summed E-state index contributed by atoms with van der Waals surface area (Å²) in [5.74, 6) is -1.34. The second-order valence-electron chi connectivity index (χ2n) is 4.29. The van der Waals surface area contributed by atoms with Crippen molar-refractivity contribution in [1.82, 2.24) is 10.3 Å². The number of nitrogens with zero attached hydrogens (tertiary/aromatic N) is 1. The van der Waals surface area contributed by atoms with E-state index in [1.54, 1.807) is 30.5 Å². The Labute approximate surface area is 130 Å². The molecule has 0 bridgehead atoms. The summed E-state index contributed by atoms with van der Waals surface area (Å²) < 4.78 is 0.903. The molecule has 0 aliphatic rings. The van der Waals surface area contributed by atoms with Gasteiger partial charge in [0.25, 0.3) is 0 Å². The van der Waals surface area contributed by atoms with Gasteiger partial charge in [-0.2, -0.15) is 0 Å². The predicted molar refractivity (Wildman–Crippen MR) is 83.7 cm³/mol. The minimum absolute atomic E-state index is 0.365. The van der Waals surface area contributed by atoms with Crippen LogP contribution in [-0.4, -0.2) is 23.3 Å². The largest absolute Gasteiger partial charge is 0.347 e. The average Bonchev–Trinajstić information content (AvgIpc) is 2.50. The Kier molecular flexibility index (Phi) is 5.45. The number of amides is 2. The Morgan fingerprint density at radius 3 is 2.48 bits per heavy atom. The van der Waals surface area contributed by atoms with Crippen LogP contribution in [0.3, 0.4) is 0 Å². The van der Waals surface area contributed by atoms with Gasteiger partial charge in [0.1, 0.15) is 0 Å². The molecule has 1 aromatic heterocycles. The van der Waals surface area contributed by atoms with E-state index in [-0.39, 0.29) is 0 Å². The Balaban J connectivity index is 1.77. The molecule has 0 saturated carbocycles. The van der Waals surface area contributed by atoms with Crippen molar-refractivity contribution >= 4 is 33.4 Å². The van der Waals surface area contributed by atoms with Gasteiger partial charge in [0.15, 0.2) is 0 Å². The predicted octanol–water partition coefficient (Wildman–Crippen LogP) is 2.14. The number of pyridine rings is 1. The topological polar surface area (TPSA) is 71.1 Å². The minimum atomic E-state index is -0.682. The van der Waals surface area contributed by atoms with Crippen LogP contribution < -0.4 is 10.6 Å². The van der Waals surface area contributed by atoms with Crippen molar-refractivity contribution in [3.8, 4) is 0 Å². The van der Waals surface area contributed by atoms with E-state index >= 15 is 0 Å². The standard InChI is InChI=1S/C15H14BrN3O2/c16-11-4-6-13(7-5-11)19-15(21)14(20)18-10-8-12-3-1-2-9-17-12/h1-7,9H,8,10H2,(H,18,20)(H,19,21). The number of hydrogen-bond acceptors (Lipinski definition) is 3. The third-order valence-corrected chi connectivity index (χ3v) is 3.23. The molecule has 0 atom stereocenters. The van der Waals surface area contributed by atoms with Gasteiger partial charge in [0.2, 0.25) is 0 Å². The highest BCUT2D eigenvalue weighted by Gasteiger charge is 2.12. The lowest BCUT2D eigenvalue weighted by Crippen LogP contribution is -2.36. The normalized spacial score (nSPS) is 9.95. The van der Waals surface area contributed by atoms with Crippen LogP contribution in [0.25, 0.3) is 0 Å². The molecule has 2 amide bonds. The number of anilines is 1. The van der Waals surface area contributed by atoms with Gasteiger partial charge in [-0.15, -0.1) is 0 Å². The van der Waals surface area contributed by atoms with Gasteiger partial charge in [-0.25, -0.2) is 0 Å². The zero-order chi connectivity index (χ0) is 15.1. The number of carbonyl (C=O) groups is 2. The monoisotopic (exact) mass is 347 g/mol. The van der Waals surface area contributed by atoms with Crippen LogP contribution in [-0.2, 0) is 16.0 Å². The van der Waals surface area contributed by atoms with E-state index in [0.29, 0.717) is 18.7 Å². The number of rotatable bonds is 4. The fraction of sp³-hybridized carbons (Fsp3) is 0.133. The Morgan fingerprint density at radius 1 is 1.05 bits per heavy atom. The number of hydrogen-bond donors (Lipinski definition) is 2. The first-order chi connectivity index (χ1) is 10.1. The molecular formula is C15H14BrN3O2. The fourth-order valence-corrected chi connectivity index (χ4v) is 1.92. The van der Waals surface area contributed by atoms with Crippen LogP contribution >= 0.6 is 15.9 Å². The fourth-order valence-electron chi connectivity index (χ4n) is 1.65. The molecular weight excluding hydrogens is 334 g/mol. The van der Waals surface area contributed by atoms with E-state index in [2.05, 4.69) is 31.5 Å². The number of benzene rings is 1. The van der Waals surface area contributed by atoms with E-state index in [4.69, 9.17) is 0 Å². The summed E-state index contributed by atoms with van der Waals surface area (Å²) in [7, 11) is 0. The molecule has 6 heteroatoms. The molecule has 2 aromatic rings. The second-order valence-corrected chi connectivity index (χ2v) is 5.20. The number of carbonyl (C=O) groups excluding carboxylic acids is 2. The zero-order valence-corrected chi connectivity index (χ0v) is 12.8. The minimum Gasteiger partial charge on any atom is -0.347 e. The van der Waals surface area contributed by atoms with Crippen LogP contribution in [0.5, 0.6) is 0 Å². The Hall–Kier alpha value is -2.21. The Bertz CT molecular complexity index is 615. The molecule has 0 radical (unpaired) electrons. The molecule has 0 aliphatic carbocycles. The van der Waals surface area contributed by atoms with Crippen LogP contribution in [0.4, 0.5) is 5.69 Å². The van der Waals surface area contributed by atoms with E-state index in [0.717, 1.165) is 10.2 Å². The van der Waals surface area contributed by atoms with Gasteiger partial charge in [0.05, 0.1) is 0 Å². The van der Waals surface area contributed by atoms with Crippen molar-refractivity contribution in [2.75, 3.05) is 11.9 Å². The second kappa shape index (κ2) is 7.54. The van der Waals surface area contributed by atoms with Gasteiger partial charge in [-0.3, -0.25) is 14.6 Å². The lowest BCUT2D eigenvalue weighted by atomic mass is 10.2. The molecule has 0 aliphatic heterocycles. The first-order valence-electron chi connectivity index (χ1n) is 6.40. The molecule has 0 saturated heterocycles. The van der Waals surface area contributed by atoms with Crippen LogP contribution in [0.2, 0.25) is 0 Å². The van der Waals surface area contributed by atoms with Gasteiger partial charge in [-0.05, 0) is 36.4 Å². The molecule has 1 heterocycles. The lowest BCUT2D eigenvalue weighted by molar-refractivity contribution is -0.136. The maximum atomic E-state index is 11.7. The quantitative estimate of drug-likeness (QED) is 0.832.